The average Bonchev–Trinajstić information content (AvgIpc) is 3.38. The van der Waals surface area contributed by atoms with Crippen LogP contribution in [0.1, 0.15) is 43.6 Å². The summed E-state index contributed by atoms with van der Waals surface area (Å²) >= 11 is 0. The maximum Gasteiger partial charge on any atom is 0.278 e. The molecular formula is C24H24N4O7. The van der Waals surface area contributed by atoms with E-state index in [9.17, 15) is 24.9 Å². The van der Waals surface area contributed by atoms with Gasteiger partial charge >= 0.3 is 0 Å². The van der Waals surface area contributed by atoms with E-state index in [0.29, 0.717) is 22.8 Å². The van der Waals surface area contributed by atoms with E-state index >= 15 is 0 Å². The van der Waals surface area contributed by atoms with Gasteiger partial charge in [-0.05, 0) is 63.1 Å². The molecule has 0 radical (unpaired) electrons. The van der Waals surface area contributed by atoms with Gasteiger partial charge in [0.2, 0.25) is 0 Å². The average molecular weight is 480 g/mol. The molecule has 4 rings (SSSR count). The first-order chi connectivity index (χ1) is 16.5. The van der Waals surface area contributed by atoms with E-state index in [-0.39, 0.29) is 40.2 Å². The molecule has 11 heteroatoms. The van der Waals surface area contributed by atoms with Crippen LogP contribution in [-0.2, 0) is 0 Å². The second-order valence-corrected chi connectivity index (χ2v) is 7.79. The van der Waals surface area contributed by atoms with Crippen molar-refractivity contribution in [2.45, 2.75) is 27.7 Å². The van der Waals surface area contributed by atoms with Gasteiger partial charge in [-0.1, -0.05) is 10.3 Å². The van der Waals surface area contributed by atoms with Gasteiger partial charge in [0.15, 0.2) is 11.4 Å². The lowest BCUT2D eigenvalue weighted by molar-refractivity contribution is 0.101. The molecule has 2 amide bonds. The maximum absolute atomic E-state index is 11.8. The van der Waals surface area contributed by atoms with E-state index in [2.05, 4.69) is 20.9 Å². The van der Waals surface area contributed by atoms with Gasteiger partial charge in [-0.2, -0.15) is 0 Å². The van der Waals surface area contributed by atoms with Crippen LogP contribution in [0.5, 0.6) is 17.2 Å². The number of hydrogen-bond donors (Lipinski definition) is 5. The van der Waals surface area contributed by atoms with Crippen LogP contribution in [0.3, 0.4) is 0 Å². The number of carbonyl (C=O) groups excluding carboxylic acids is 2. The summed E-state index contributed by atoms with van der Waals surface area (Å²) in [5.41, 5.74) is 2.30. The summed E-state index contributed by atoms with van der Waals surface area (Å²) in [4.78, 5) is 23.5. The third-order valence-electron chi connectivity index (χ3n) is 4.52. The molecule has 0 aliphatic rings. The van der Waals surface area contributed by atoms with E-state index in [4.69, 9.17) is 9.05 Å². The molecule has 0 aliphatic carbocycles. The highest BCUT2D eigenvalue weighted by atomic mass is 16.5. The Balaban J connectivity index is 0.000000196. The molecule has 0 saturated carbocycles. The molecule has 0 atom stereocenters. The zero-order valence-electron chi connectivity index (χ0n) is 19.4. The molecule has 2 aromatic heterocycles. The maximum atomic E-state index is 11.8. The number of nitrogens with zero attached hydrogens (tertiary/aromatic N) is 2. The van der Waals surface area contributed by atoms with Crippen molar-refractivity contribution in [2.24, 2.45) is 0 Å². The van der Waals surface area contributed by atoms with Gasteiger partial charge in [0.05, 0.1) is 0 Å². The zero-order valence-corrected chi connectivity index (χ0v) is 19.4. The number of aromatic hydroxyl groups is 3. The highest BCUT2D eigenvalue weighted by Crippen LogP contribution is 2.34. The summed E-state index contributed by atoms with van der Waals surface area (Å²) in [6, 6.07) is 10.7. The van der Waals surface area contributed by atoms with E-state index in [1.54, 1.807) is 39.0 Å². The monoisotopic (exact) mass is 480 g/mol. The highest BCUT2D eigenvalue weighted by molar-refractivity contribution is 6.04. The molecular weight excluding hydrogens is 456 g/mol. The summed E-state index contributed by atoms with van der Waals surface area (Å²) in [5, 5.41) is 40.9. The molecule has 2 aromatic carbocycles. The smallest absolute Gasteiger partial charge is 0.278 e. The van der Waals surface area contributed by atoms with Crippen molar-refractivity contribution in [1.29, 1.82) is 0 Å². The standard InChI is InChI=1S/C12H12N2O4.C12H12N2O3/c1-6-3-9(15)11(10(16)4-6)13-12(17)8-5-7(2)18-14-8;1-7-3-9(6-10(15)4-7)13-12(16)11-5-8(2)17-14-11/h3-5,15-16H,1-2H3,(H,13,17);3-6,15H,1-2H3,(H,13,16). The van der Waals surface area contributed by atoms with Crippen LogP contribution in [-0.4, -0.2) is 37.4 Å². The molecule has 182 valence electrons. The predicted molar refractivity (Wildman–Crippen MR) is 126 cm³/mol. The summed E-state index contributed by atoms with van der Waals surface area (Å²) in [6.45, 7) is 6.91. The second kappa shape index (κ2) is 10.4. The van der Waals surface area contributed by atoms with Crippen molar-refractivity contribution < 1.29 is 34.0 Å². The Morgan fingerprint density at radius 3 is 1.63 bits per heavy atom. The lowest BCUT2D eigenvalue weighted by atomic mass is 10.2. The van der Waals surface area contributed by atoms with Crippen molar-refractivity contribution >= 4 is 23.2 Å². The van der Waals surface area contributed by atoms with E-state index in [1.165, 1.54) is 24.3 Å². The lowest BCUT2D eigenvalue weighted by Crippen LogP contribution is -2.12. The zero-order chi connectivity index (χ0) is 25.7. The van der Waals surface area contributed by atoms with Gasteiger partial charge in [-0.3, -0.25) is 9.59 Å². The van der Waals surface area contributed by atoms with Crippen LogP contribution < -0.4 is 10.6 Å². The minimum atomic E-state index is -0.568. The number of benzene rings is 2. The third-order valence-corrected chi connectivity index (χ3v) is 4.52. The minimum Gasteiger partial charge on any atom is -0.508 e. The van der Waals surface area contributed by atoms with Gasteiger partial charge < -0.3 is 35.0 Å². The summed E-state index contributed by atoms with van der Waals surface area (Å²) in [6.07, 6.45) is 0. The van der Waals surface area contributed by atoms with E-state index in [0.717, 1.165) is 5.56 Å². The fraction of sp³-hybridized carbons (Fsp3) is 0.167. The molecule has 11 nitrogen and oxygen atoms in total. The number of carbonyl (C=O) groups is 2. The third kappa shape index (κ3) is 6.60. The van der Waals surface area contributed by atoms with Crippen molar-refractivity contribution in [3.63, 3.8) is 0 Å². The normalized spacial score (nSPS) is 10.3. The summed E-state index contributed by atoms with van der Waals surface area (Å²) in [7, 11) is 0. The molecule has 4 aromatic rings. The molecule has 2 heterocycles. The molecule has 35 heavy (non-hydrogen) atoms. The number of rotatable bonds is 4. The number of phenols is 3. The van der Waals surface area contributed by atoms with Crippen LogP contribution >= 0.6 is 0 Å². The number of phenolic OH excluding ortho intramolecular Hbond substituents is 3. The molecule has 0 bridgehead atoms. The van der Waals surface area contributed by atoms with Crippen LogP contribution in [0, 0.1) is 27.7 Å². The number of hydrogen-bond acceptors (Lipinski definition) is 9. The largest absolute Gasteiger partial charge is 0.508 e. The number of aryl methyl sites for hydroxylation is 4. The van der Waals surface area contributed by atoms with Crippen LogP contribution in [0.4, 0.5) is 11.4 Å². The fourth-order valence-electron chi connectivity index (χ4n) is 3.03. The first-order valence-corrected chi connectivity index (χ1v) is 10.3. The van der Waals surface area contributed by atoms with Crippen molar-refractivity contribution in [2.75, 3.05) is 10.6 Å². The Morgan fingerprint density at radius 2 is 1.17 bits per heavy atom. The number of anilines is 2. The van der Waals surface area contributed by atoms with E-state index < -0.39 is 5.91 Å². The first-order valence-electron chi connectivity index (χ1n) is 10.3. The molecule has 5 N–H and O–H groups in total. The Kier molecular flexibility index (Phi) is 7.40. The number of amides is 2. The molecule has 0 saturated heterocycles. The van der Waals surface area contributed by atoms with Gasteiger partial charge in [0.1, 0.15) is 34.5 Å². The number of nitrogens with one attached hydrogen (secondary N) is 2. The van der Waals surface area contributed by atoms with Crippen LogP contribution in [0.2, 0.25) is 0 Å². The Morgan fingerprint density at radius 1 is 0.686 bits per heavy atom. The lowest BCUT2D eigenvalue weighted by Gasteiger charge is -2.08. The molecule has 0 spiro atoms. The van der Waals surface area contributed by atoms with Crippen LogP contribution in [0.25, 0.3) is 0 Å². The Bertz CT molecular complexity index is 1330. The van der Waals surface area contributed by atoms with Gasteiger partial charge in [0.25, 0.3) is 11.8 Å². The quantitative estimate of drug-likeness (QED) is 0.268. The van der Waals surface area contributed by atoms with Gasteiger partial charge in [-0.15, -0.1) is 0 Å². The topological polar surface area (TPSA) is 171 Å². The summed E-state index contributed by atoms with van der Waals surface area (Å²) < 4.78 is 9.58. The second-order valence-electron chi connectivity index (χ2n) is 7.79. The Hall–Kier alpha value is -4.80. The molecule has 0 unspecified atom stereocenters. The first kappa shape index (κ1) is 24.8. The Labute approximate surface area is 200 Å². The van der Waals surface area contributed by atoms with Gasteiger partial charge in [-0.25, -0.2) is 0 Å². The molecule has 0 fully saturated rings. The van der Waals surface area contributed by atoms with Crippen molar-refractivity contribution in [1.82, 2.24) is 10.3 Å². The van der Waals surface area contributed by atoms with Crippen LogP contribution in [0.15, 0.2) is 51.5 Å². The predicted octanol–water partition coefficient (Wildman–Crippen LogP) is 4.20. The highest BCUT2D eigenvalue weighted by Gasteiger charge is 2.16. The SMILES string of the molecule is Cc1cc(O)c(NC(=O)c2cc(C)on2)c(O)c1.Cc1cc(O)cc(NC(=O)c2cc(C)on2)c1. The van der Waals surface area contributed by atoms with E-state index in [1.807, 2.05) is 6.92 Å². The summed E-state index contributed by atoms with van der Waals surface area (Å²) in [5.74, 6) is -0.174. The number of aromatic nitrogens is 2. The van der Waals surface area contributed by atoms with Crippen molar-refractivity contribution in [3.8, 4) is 17.2 Å². The van der Waals surface area contributed by atoms with Gasteiger partial charge in [0, 0.05) is 23.9 Å². The molecule has 0 aliphatic heterocycles. The van der Waals surface area contributed by atoms with Crippen molar-refractivity contribution in [3.05, 3.63) is 76.5 Å². The minimum absolute atomic E-state index is 0.0498. The fourth-order valence-corrected chi connectivity index (χ4v) is 3.03.